The fourth-order valence-corrected chi connectivity index (χ4v) is 7.83. The van der Waals surface area contributed by atoms with Crippen LogP contribution in [0.4, 0.5) is 4.39 Å². The first-order valence-corrected chi connectivity index (χ1v) is 16.7. The van der Waals surface area contributed by atoms with Crippen LogP contribution in [0.25, 0.3) is 33.6 Å². The minimum Gasteiger partial charge on any atom is -0.494 e. The number of piperidine rings is 1. The second kappa shape index (κ2) is 11.7. The molecule has 1 aliphatic carbocycles. The number of alkyl halides is 1. The van der Waals surface area contributed by atoms with Crippen molar-refractivity contribution in [2.45, 2.75) is 95.6 Å². The van der Waals surface area contributed by atoms with Gasteiger partial charge >= 0.3 is 0 Å². The Balaban J connectivity index is 1.30. The lowest BCUT2D eigenvalue weighted by molar-refractivity contribution is -0.133. The molecule has 11 heteroatoms. The number of hydrogen-bond acceptors (Lipinski definition) is 6. The highest BCUT2D eigenvalue weighted by atomic mass is 19.1. The Labute approximate surface area is 268 Å². The van der Waals surface area contributed by atoms with Crippen molar-refractivity contribution in [3.8, 4) is 17.3 Å². The lowest BCUT2D eigenvalue weighted by Gasteiger charge is -2.37. The van der Waals surface area contributed by atoms with E-state index in [1.165, 1.54) is 6.92 Å². The number of carbonyl (C=O) groups is 2. The maximum Gasteiger partial charge on any atom is 0.257 e. The van der Waals surface area contributed by atoms with Gasteiger partial charge in [0.25, 0.3) is 11.8 Å². The van der Waals surface area contributed by atoms with E-state index >= 15 is 4.39 Å². The highest BCUT2D eigenvalue weighted by Gasteiger charge is 2.41. The minimum atomic E-state index is -1.91. The third kappa shape index (κ3) is 5.22. The molecule has 46 heavy (non-hydrogen) atoms. The Kier molecular flexibility index (Phi) is 7.77. The predicted octanol–water partition coefficient (Wildman–Crippen LogP) is 5.42. The van der Waals surface area contributed by atoms with Gasteiger partial charge in [-0.2, -0.15) is 0 Å². The highest BCUT2D eigenvalue weighted by Crippen LogP contribution is 2.39. The minimum absolute atomic E-state index is 0.0109. The van der Waals surface area contributed by atoms with Crippen LogP contribution < -0.4 is 15.8 Å². The Hall–Kier alpha value is -3.99. The van der Waals surface area contributed by atoms with E-state index in [1.54, 1.807) is 7.11 Å². The number of nitrogens with one attached hydrogen (secondary N) is 1. The molecule has 3 N–H and O–H groups in total. The number of amides is 2. The van der Waals surface area contributed by atoms with Crippen LogP contribution in [0.1, 0.15) is 87.3 Å². The Morgan fingerprint density at radius 1 is 1.13 bits per heavy atom. The number of hydrogen-bond donors (Lipinski definition) is 2. The summed E-state index contributed by atoms with van der Waals surface area (Å²) in [5.41, 5.74) is 8.94. The number of halogens is 1. The Morgan fingerprint density at radius 2 is 1.93 bits per heavy atom. The van der Waals surface area contributed by atoms with E-state index in [0.717, 1.165) is 66.6 Å². The van der Waals surface area contributed by atoms with Crippen LogP contribution in [0, 0.1) is 5.92 Å². The number of pyridine rings is 1. The molecule has 2 aliphatic heterocycles. The van der Waals surface area contributed by atoms with Gasteiger partial charge in [0.05, 0.1) is 30.1 Å². The molecule has 1 saturated heterocycles. The molecule has 3 aliphatic rings. The van der Waals surface area contributed by atoms with E-state index in [-0.39, 0.29) is 24.4 Å². The third-order valence-corrected chi connectivity index (χ3v) is 10.6. The summed E-state index contributed by atoms with van der Waals surface area (Å²) in [5.74, 6) is 1.21. The molecule has 0 spiro atoms. The van der Waals surface area contributed by atoms with Gasteiger partial charge in [-0.05, 0) is 88.6 Å². The van der Waals surface area contributed by atoms with Gasteiger partial charge in [-0.3, -0.25) is 9.59 Å². The van der Waals surface area contributed by atoms with Crippen molar-refractivity contribution in [1.82, 2.24) is 29.3 Å². The first-order valence-electron chi connectivity index (χ1n) is 16.7. The van der Waals surface area contributed by atoms with Gasteiger partial charge in [0.2, 0.25) is 0 Å². The van der Waals surface area contributed by atoms with Gasteiger partial charge < -0.3 is 29.8 Å². The molecule has 5 atom stereocenters. The van der Waals surface area contributed by atoms with Crippen molar-refractivity contribution in [2.24, 2.45) is 18.7 Å². The van der Waals surface area contributed by atoms with Crippen LogP contribution >= 0.6 is 0 Å². The summed E-state index contributed by atoms with van der Waals surface area (Å²) in [7, 11) is 3.59. The number of fused-ring (bicyclic) bond motifs is 4. The molecular weight excluding hydrogens is 585 g/mol. The van der Waals surface area contributed by atoms with Crippen LogP contribution in [0.15, 0.2) is 30.3 Å². The number of aryl methyl sites for hydroxylation is 2. The number of imidazole rings is 1. The third-order valence-electron chi connectivity index (χ3n) is 10.6. The number of likely N-dealkylation sites (tertiary alicyclic amines) is 1. The van der Waals surface area contributed by atoms with Crippen molar-refractivity contribution in [3.05, 3.63) is 41.6 Å². The van der Waals surface area contributed by atoms with Crippen molar-refractivity contribution >= 4 is 33.9 Å². The highest BCUT2D eigenvalue weighted by molar-refractivity contribution is 6.00. The molecule has 4 aromatic rings. The average molecular weight is 630 g/mol. The van der Waals surface area contributed by atoms with E-state index < -0.39 is 17.6 Å². The summed E-state index contributed by atoms with van der Waals surface area (Å²) < 4.78 is 25.2. The summed E-state index contributed by atoms with van der Waals surface area (Å²) in [4.78, 5) is 38.7. The van der Waals surface area contributed by atoms with Crippen LogP contribution in [0.2, 0.25) is 0 Å². The van der Waals surface area contributed by atoms with Crippen LogP contribution in [-0.2, 0) is 18.4 Å². The molecule has 5 heterocycles. The molecule has 2 amide bonds. The van der Waals surface area contributed by atoms with Gasteiger partial charge in [-0.25, -0.2) is 14.4 Å². The van der Waals surface area contributed by atoms with Crippen LogP contribution in [0.3, 0.4) is 0 Å². The van der Waals surface area contributed by atoms with Crippen LogP contribution in [0.5, 0.6) is 5.75 Å². The quantitative estimate of drug-likeness (QED) is 0.312. The predicted molar refractivity (Wildman–Crippen MR) is 175 cm³/mol. The topological polar surface area (TPSA) is 120 Å². The molecule has 244 valence electrons. The zero-order valence-corrected chi connectivity index (χ0v) is 27.2. The molecule has 7 rings (SSSR count). The lowest BCUT2D eigenvalue weighted by atomic mass is 9.94. The normalized spacial score (nSPS) is 27.3. The zero-order chi connectivity index (χ0) is 32.3. The summed E-state index contributed by atoms with van der Waals surface area (Å²) in [5, 5.41) is 3.79. The van der Waals surface area contributed by atoms with Crippen molar-refractivity contribution < 1.29 is 18.7 Å². The van der Waals surface area contributed by atoms with E-state index in [4.69, 9.17) is 20.4 Å². The zero-order valence-electron chi connectivity index (χ0n) is 27.2. The number of methoxy groups -OCH3 is 1. The van der Waals surface area contributed by atoms with E-state index in [1.807, 2.05) is 47.7 Å². The maximum atomic E-state index is 15.2. The number of nitrogens with two attached hydrogens (primary N) is 1. The second-order valence-corrected chi connectivity index (χ2v) is 13.8. The number of rotatable bonds is 3. The van der Waals surface area contributed by atoms with Crippen molar-refractivity contribution in [3.63, 3.8) is 0 Å². The molecule has 10 nitrogen and oxygen atoms in total. The molecular formula is C35H44FN7O3. The first kappa shape index (κ1) is 30.7. The molecule has 0 radical (unpaired) electrons. The molecule has 2 fully saturated rings. The van der Waals surface area contributed by atoms with Gasteiger partial charge in [0.1, 0.15) is 16.9 Å². The van der Waals surface area contributed by atoms with Gasteiger partial charge in [0, 0.05) is 43.2 Å². The average Bonchev–Trinajstić information content (AvgIpc) is 3.73. The standard InChI is InChI=1S/C35H44FN7O3/c1-20-26-12-10-22-17-28(42(31(22)39-26)14-8-6-5-7-13-35(2,36)34(45)38-20)32-40-27-16-23(18-29(46-4)30(27)41(32)3)33(44)43-19-25(37)21-9-11-24(43)15-21/h10,12,16-18,20-21,24-25H,5-9,11,13-15,19,37H2,1-4H3,(H,38,45)/t20-,21-,24+,25+,35+/m1/s1. The summed E-state index contributed by atoms with van der Waals surface area (Å²) in [6.45, 7) is 4.49. The van der Waals surface area contributed by atoms with Crippen LogP contribution in [-0.4, -0.2) is 67.2 Å². The number of carbonyl (C=O) groups excluding carboxylic acids is 2. The van der Waals surface area contributed by atoms with Crippen molar-refractivity contribution in [2.75, 3.05) is 13.7 Å². The van der Waals surface area contributed by atoms with Gasteiger partial charge in [-0.1, -0.05) is 12.8 Å². The summed E-state index contributed by atoms with van der Waals surface area (Å²) >= 11 is 0. The molecule has 1 aromatic carbocycles. The Bertz CT molecular complexity index is 1830. The monoisotopic (exact) mass is 629 g/mol. The molecule has 0 unspecified atom stereocenters. The first-order chi connectivity index (χ1) is 22.1. The second-order valence-electron chi connectivity index (χ2n) is 13.8. The summed E-state index contributed by atoms with van der Waals surface area (Å²) in [6.07, 6.45) is 6.49. The number of aromatic nitrogens is 4. The lowest BCUT2D eigenvalue weighted by Crippen LogP contribution is -2.51. The smallest absolute Gasteiger partial charge is 0.257 e. The van der Waals surface area contributed by atoms with Gasteiger partial charge in [0.15, 0.2) is 11.5 Å². The van der Waals surface area contributed by atoms with E-state index in [9.17, 15) is 9.59 Å². The fraction of sp³-hybridized carbons (Fsp3) is 0.543. The SMILES string of the molecule is COc1cc(C(=O)N2C[C@H](N)[C@@H]3CC[C@H]2C3)cc2nc(-c3cc4ccc5nc4n3CCCCCC[C@](C)(F)C(=O)N[C@@H]5C)n(C)c12. The van der Waals surface area contributed by atoms with Crippen molar-refractivity contribution in [1.29, 1.82) is 0 Å². The summed E-state index contributed by atoms with van der Waals surface area (Å²) in [6, 6.07) is 9.47. The number of nitrogens with zero attached hydrogens (tertiary/aromatic N) is 5. The maximum absolute atomic E-state index is 15.2. The molecule has 4 bridgehead atoms. The van der Waals surface area contributed by atoms with Gasteiger partial charge in [-0.15, -0.1) is 0 Å². The molecule has 3 aromatic heterocycles. The largest absolute Gasteiger partial charge is 0.494 e. The number of benzene rings is 1. The van der Waals surface area contributed by atoms with E-state index in [2.05, 4.69) is 16.0 Å². The fourth-order valence-electron chi connectivity index (χ4n) is 7.83. The molecule has 1 saturated carbocycles. The Morgan fingerprint density at radius 3 is 2.74 bits per heavy atom. The van der Waals surface area contributed by atoms with E-state index in [0.29, 0.717) is 48.0 Å². The number of ether oxygens (including phenoxy) is 1.